The summed E-state index contributed by atoms with van der Waals surface area (Å²) in [6.07, 6.45) is 8.07. The molecule has 1 aromatic carbocycles. The molecule has 4 rings (SSSR count). The van der Waals surface area contributed by atoms with E-state index >= 15 is 0 Å². The molecule has 2 aromatic heterocycles. The SMILES string of the molecule is CSc1cc(Cl)ccc1-n1c(C)nnc1[C@H]1CC[C@H](Oc2ccccn2)CC1. The molecule has 1 aliphatic carbocycles. The van der Waals surface area contributed by atoms with Gasteiger partial charge in [0.2, 0.25) is 5.88 Å². The van der Waals surface area contributed by atoms with Crippen LogP contribution in [-0.4, -0.2) is 32.1 Å². The molecule has 28 heavy (non-hydrogen) atoms. The van der Waals surface area contributed by atoms with E-state index in [1.54, 1.807) is 18.0 Å². The zero-order valence-corrected chi connectivity index (χ0v) is 17.6. The summed E-state index contributed by atoms with van der Waals surface area (Å²) in [6.45, 7) is 2.00. The van der Waals surface area contributed by atoms with Crippen molar-refractivity contribution in [2.24, 2.45) is 0 Å². The number of benzene rings is 1. The predicted octanol–water partition coefficient (Wildman–Crippen LogP) is 5.45. The van der Waals surface area contributed by atoms with Crippen LogP contribution in [0.15, 0.2) is 47.5 Å². The number of hydrogen-bond donors (Lipinski definition) is 0. The number of thioether (sulfide) groups is 1. The number of halogens is 1. The number of hydrogen-bond acceptors (Lipinski definition) is 5. The van der Waals surface area contributed by atoms with E-state index in [-0.39, 0.29) is 6.10 Å². The molecule has 0 N–H and O–H groups in total. The third-order valence-electron chi connectivity index (χ3n) is 5.20. The maximum absolute atomic E-state index is 6.19. The molecule has 0 aliphatic heterocycles. The molecular weight excluding hydrogens is 392 g/mol. The number of aryl methyl sites for hydroxylation is 1. The minimum atomic E-state index is 0.209. The minimum absolute atomic E-state index is 0.209. The van der Waals surface area contributed by atoms with Crippen molar-refractivity contribution < 1.29 is 4.74 Å². The van der Waals surface area contributed by atoms with Gasteiger partial charge in [-0.05, 0) is 63.1 Å². The van der Waals surface area contributed by atoms with Crippen molar-refractivity contribution in [3.05, 3.63) is 59.3 Å². The Kier molecular flexibility index (Phi) is 5.87. The van der Waals surface area contributed by atoms with Crippen LogP contribution in [0.4, 0.5) is 0 Å². The van der Waals surface area contributed by atoms with Gasteiger partial charge in [-0.25, -0.2) is 4.98 Å². The van der Waals surface area contributed by atoms with E-state index in [0.29, 0.717) is 11.8 Å². The van der Waals surface area contributed by atoms with Crippen LogP contribution < -0.4 is 4.74 Å². The molecule has 0 saturated heterocycles. The summed E-state index contributed by atoms with van der Waals surface area (Å²) in [4.78, 5) is 5.40. The highest BCUT2D eigenvalue weighted by Crippen LogP contribution is 2.36. The van der Waals surface area contributed by atoms with Gasteiger partial charge in [0.15, 0.2) is 0 Å². The van der Waals surface area contributed by atoms with Crippen molar-refractivity contribution >= 4 is 23.4 Å². The highest BCUT2D eigenvalue weighted by atomic mass is 35.5. The topological polar surface area (TPSA) is 52.8 Å². The summed E-state index contributed by atoms with van der Waals surface area (Å²) in [7, 11) is 0. The van der Waals surface area contributed by atoms with Crippen molar-refractivity contribution in [2.75, 3.05) is 6.26 Å². The Balaban J connectivity index is 1.53. The molecular formula is C21H23ClN4OS. The molecule has 0 bridgehead atoms. The summed E-state index contributed by atoms with van der Waals surface area (Å²) in [6, 6.07) is 11.8. The Hall–Kier alpha value is -2.05. The molecule has 0 unspecified atom stereocenters. The zero-order valence-electron chi connectivity index (χ0n) is 16.0. The van der Waals surface area contributed by atoms with Crippen LogP contribution in [0.25, 0.3) is 5.69 Å². The lowest BCUT2D eigenvalue weighted by Gasteiger charge is -2.28. The first kappa shape index (κ1) is 19.3. The largest absolute Gasteiger partial charge is 0.474 e. The number of rotatable bonds is 5. The maximum Gasteiger partial charge on any atom is 0.213 e. The van der Waals surface area contributed by atoms with Crippen LogP contribution in [0, 0.1) is 6.92 Å². The molecule has 0 spiro atoms. The van der Waals surface area contributed by atoms with Crippen molar-refractivity contribution in [3.63, 3.8) is 0 Å². The summed E-state index contributed by atoms with van der Waals surface area (Å²) in [5.74, 6) is 3.01. The van der Waals surface area contributed by atoms with Crippen molar-refractivity contribution in [1.82, 2.24) is 19.7 Å². The summed E-state index contributed by atoms with van der Waals surface area (Å²) < 4.78 is 8.22. The van der Waals surface area contributed by atoms with E-state index < -0.39 is 0 Å². The fourth-order valence-electron chi connectivity index (χ4n) is 3.80. The highest BCUT2D eigenvalue weighted by Gasteiger charge is 2.28. The molecule has 2 heterocycles. The number of ether oxygens (including phenoxy) is 1. The van der Waals surface area contributed by atoms with Gasteiger partial charge in [-0.2, -0.15) is 0 Å². The molecule has 7 heteroatoms. The van der Waals surface area contributed by atoms with E-state index in [2.05, 4.69) is 32.1 Å². The second-order valence-electron chi connectivity index (χ2n) is 7.02. The van der Waals surface area contributed by atoms with Gasteiger partial charge in [0, 0.05) is 28.1 Å². The van der Waals surface area contributed by atoms with E-state index in [4.69, 9.17) is 16.3 Å². The van der Waals surface area contributed by atoms with Gasteiger partial charge in [-0.1, -0.05) is 17.7 Å². The van der Waals surface area contributed by atoms with E-state index in [1.807, 2.05) is 37.3 Å². The molecule has 3 aromatic rings. The van der Waals surface area contributed by atoms with E-state index in [9.17, 15) is 0 Å². The molecule has 146 valence electrons. The van der Waals surface area contributed by atoms with Gasteiger partial charge in [0.25, 0.3) is 0 Å². The Labute approximate surface area is 174 Å². The summed E-state index contributed by atoms with van der Waals surface area (Å²) >= 11 is 7.88. The van der Waals surface area contributed by atoms with Crippen LogP contribution in [0.3, 0.4) is 0 Å². The monoisotopic (exact) mass is 414 g/mol. The average molecular weight is 415 g/mol. The molecule has 0 amide bonds. The third kappa shape index (κ3) is 4.03. The summed E-state index contributed by atoms with van der Waals surface area (Å²) in [5.41, 5.74) is 1.10. The van der Waals surface area contributed by atoms with Gasteiger partial charge in [0.1, 0.15) is 17.8 Å². The Morgan fingerprint density at radius 2 is 1.93 bits per heavy atom. The van der Waals surface area contributed by atoms with Crippen LogP contribution in [0.5, 0.6) is 5.88 Å². The highest BCUT2D eigenvalue weighted by molar-refractivity contribution is 7.98. The zero-order chi connectivity index (χ0) is 19.5. The lowest BCUT2D eigenvalue weighted by Crippen LogP contribution is -2.25. The fraction of sp³-hybridized carbons (Fsp3) is 0.381. The maximum atomic E-state index is 6.19. The van der Waals surface area contributed by atoms with Gasteiger partial charge >= 0.3 is 0 Å². The first-order valence-corrected chi connectivity index (χ1v) is 11.1. The molecule has 1 fully saturated rings. The summed E-state index contributed by atoms with van der Waals surface area (Å²) in [5, 5.41) is 9.67. The van der Waals surface area contributed by atoms with Crippen LogP contribution in [0.2, 0.25) is 5.02 Å². The van der Waals surface area contributed by atoms with Gasteiger partial charge in [0.05, 0.1) is 5.69 Å². The second kappa shape index (κ2) is 8.53. The third-order valence-corrected chi connectivity index (χ3v) is 6.20. The van der Waals surface area contributed by atoms with Crippen molar-refractivity contribution in [3.8, 4) is 11.6 Å². The molecule has 1 saturated carbocycles. The number of nitrogens with zero attached hydrogens (tertiary/aromatic N) is 4. The average Bonchev–Trinajstić information content (AvgIpc) is 3.10. The van der Waals surface area contributed by atoms with E-state index in [1.165, 1.54) is 0 Å². The Morgan fingerprint density at radius 3 is 2.64 bits per heavy atom. The van der Waals surface area contributed by atoms with Crippen molar-refractivity contribution in [2.45, 2.75) is 49.5 Å². The minimum Gasteiger partial charge on any atom is -0.474 e. The smallest absolute Gasteiger partial charge is 0.213 e. The van der Waals surface area contributed by atoms with Crippen LogP contribution in [0.1, 0.15) is 43.3 Å². The quantitative estimate of drug-likeness (QED) is 0.519. The van der Waals surface area contributed by atoms with Gasteiger partial charge in [-0.15, -0.1) is 22.0 Å². The first-order chi connectivity index (χ1) is 13.7. The van der Waals surface area contributed by atoms with Gasteiger partial charge < -0.3 is 4.74 Å². The number of aromatic nitrogens is 4. The Bertz CT molecular complexity index is 939. The Morgan fingerprint density at radius 1 is 1.11 bits per heavy atom. The van der Waals surface area contributed by atoms with Gasteiger partial charge in [-0.3, -0.25) is 4.57 Å². The number of pyridine rings is 1. The normalized spacial score (nSPS) is 19.5. The standard InChI is InChI=1S/C21H23ClN4OS/c1-14-24-25-21(26(14)18-11-8-16(22)13-19(18)28-2)15-6-9-17(10-7-15)27-20-5-3-4-12-23-20/h3-5,8,11-13,15,17H,6-7,9-10H2,1-2H3/t15-,17-. The predicted molar refractivity (Wildman–Crippen MR) is 113 cm³/mol. The lowest BCUT2D eigenvalue weighted by molar-refractivity contribution is 0.139. The lowest BCUT2D eigenvalue weighted by atomic mass is 9.86. The molecule has 1 aliphatic rings. The van der Waals surface area contributed by atoms with Crippen LogP contribution in [-0.2, 0) is 0 Å². The first-order valence-electron chi connectivity index (χ1n) is 9.49. The van der Waals surface area contributed by atoms with Crippen LogP contribution >= 0.6 is 23.4 Å². The second-order valence-corrected chi connectivity index (χ2v) is 8.30. The van der Waals surface area contributed by atoms with E-state index in [0.717, 1.165) is 52.9 Å². The fourth-order valence-corrected chi connectivity index (χ4v) is 4.65. The molecule has 0 atom stereocenters. The molecule has 0 radical (unpaired) electrons. The molecule has 5 nitrogen and oxygen atoms in total. The van der Waals surface area contributed by atoms with Crippen molar-refractivity contribution in [1.29, 1.82) is 0 Å².